The van der Waals surface area contributed by atoms with Crippen molar-refractivity contribution in [3.8, 4) is 11.4 Å². The average molecular weight is 444 g/mol. The molecule has 0 bridgehead atoms. The zero-order chi connectivity index (χ0) is 21.7. The maximum Gasteiger partial charge on any atom is 0.271 e. The number of hydrogen-bond acceptors (Lipinski definition) is 5. The van der Waals surface area contributed by atoms with E-state index in [1.165, 1.54) is 22.5 Å². The fourth-order valence-corrected chi connectivity index (χ4v) is 3.71. The van der Waals surface area contributed by atoms with E-state index in [9.17, 15) is 9.59 Å². The van der Waals surface area contributed by atoms with Gasteiger partial charge in [-0.3, -0.25) is 9.59 Å². The molecule has 0 aliphatic rings. The molecular weight excluding hydrogens is 422 g/mol. The first-order valence-electron chi connectivity index (χ1n) is 9.31. The number of nitrogens with zero attached hydrogens (tertiary/aromatic N) is 2. The van der Waals surface area contributed by atoms with Crippen molar-refractivity contribution in [1.29, 1.82) is 0 Å². The highest BCUT2D eigenvalue weighted by molar-refractivity contribution is 8.00. The van der Waals surface area contributed by atoms with Gasteiger partial charge in [0.15, 0.2) is 0 Å². The van der Waals surface area contributed by atoms with E-state index in [-0.39, 0.29) is 11.5 Å². The normalized spacial score (nSPS) is 11.7. The van der Waals surface area contributed by atoms with Gasteiger partial charge in [-0.05, 0) is 55.3 Å². The van der Waals surface area contributed by atoms with Crippen LogP contribution in [-0.4, -0.2) is 28.0 Å². The SMILES string of the molecule is COc1cccc(CNC(=O)[C@H](C)Sc2ccc(=O)n(-c3ccc(C)c(Cl)c3)n2)c1. The molecule has 0 spiro atoms. The van der Waals surface area contributed by atoms with Gasteiger partial charge >= 0.3 is 0 Å². The van der Waals surface area contributed by atoms with Crippen molar-refractivity contribution in [3.05, 3.63) is 81.1 Å². The summed E-state index contributed by atoms with van der Waals surface area (Å²) in [5.74, 6) is 0.618. The van der Waals surface area contributed by atoms with Gasteiger partial charge in [0, 0.05) is 17.6 Å². The maximum absolute atomic E-state index is 12.5. The second kappa shape index (κ2) is 9.82. The number of hydrogen-bond donors (Lipinski definition) is 1. The van der Waals surface area contributed by atoms with Crippen LogP contribution in [-0.2, 0) is 11.3 Å². The third kappa shape index (κ3) is 5.43. The minimum absolute atomic E-state index is 0.124. The minimum Gasteiger partial charge on any atom is -0.497 e. The van der Waals surface area contributed by atoms with Crippen molar-refractivity contribution >= 4 is 29.3 Å². The van der Waals surface area contributed by atoms with Crippen LogP contribution >= 0.6 is 23.4 Å². The van der Waals surface area contributed by atoms with Crippen LogP contribution in [0.4, 0.5) is 0 Å². The summed E-state index contributed by atoms with van der Waals surface area (Å²) >= 11 is 7.46. The topological polar surface area (TPSA) is 73.2 Å². The van der Waals surface area contributed by atoms with Crippen LogP contribution in [0, 0.1) is 6.92 Å². The lowest BCUT2D eigenvalue weighted by Gasteiger charge is -2.13. The van der Waals surface area contributed by atoms with E-state index in [1.54, 1.807) is 32.2 Å². The van der Waals surface area contributed by atoms with E-state index in [2.05, 4.69) is 10.4 Å². The monoisotopic (exact) mass is 443 g/mol. The van der Waals surface area contributed by atoms with Gasteiger partial charge in [0.2, 0.25) is 5.91 Å². The number of methoxy groups -OCH3 is 1. The number of rotatable bonds is 7. The van der Waals surface area contributed by atoms with Crippen molar-refractivity contribution in [2.45, 2.75) is 30.7 Å². The van der Waals surface area contributed by atoms with E-state index >= 15 is 0 Å². The summed E-state index contributed by atoms with van der Waals surface area (Å²) in [4.78, 5) is 24.8. The number of ether oxygens (including phenoxy) is 1. The molecule has 3 aromatic rings. The molecular formula is C22H22ClN3O3S. The molecule has 1 amide bonds. The van der Waals surface area contributed by atoms with E-state index in [1.807, 2.05) is 37.3 Å². The van der Waals surface area contributed by atoms with E-state index < -0.39 is 5.25 Å². The number of thioether (sulfide) groups is 1. The van der Waals surface area contributed by atoms with Crippen LogP contribution < -0.4 is 15.6 Å². The molecule has 6 nitrogen and oxygen atoms in total. The number of carbonyl (C=O) groups excluding carboxylic acids is 1. The highest BCUT2D eigenvalue weighted by Crippen LogP contribution is 2.22. The molecule has 0 saturated heterocycles. The first-order valence-corrected chi connectivity index (χ1v) is 10.6. The Morgan fingerprint density at radius 1 is 1.23 bits per heavy atom. The largest absolute Gasteiger partial charge is 0.497 e. The highest BCUT2D eigenvalue weighted by Gasteiger charge is 2.16. The Morgan fingerprint density at radius 3 is 2.77 bits per heavy atom. The number of aryl methyl sites for hydroxylation is 1. The van der Waals surface area contributed by atoms with Gasteiger partial charge in [-0.15, -0.1) is 0 Å². The second-order valence-electron chi connectivity index (χ2n) is 6.68. The molecule has 1 N–H and O–H groups in total. The summed E-state index contributed by atoms with van der Waals surface area (Å²) in [6, 6.07) is 15.9. The molecule has 1 atom stereocenters. The molecule has 1 aromatic heterocycles. The predicted molar refractivity (Wildman–Crippen MR) is 120 cm³/mol. The van der Waals surface area contributed by atoms with E-state index in [4.69, 9.17) is 16.3 Å². The zero-order valence-electron chi connectivity index (χ0n) is 16.9. The van der Waals surface area contributed by atoms with Crippen LogP contribution in [0.1, 0.15) is 18.1 Å². The smallest absolute Gasteiger partial charge is 0.271 e. The summed E-state index contributed by atoms with van der Waals surface area (Å²) in [7, 11) is 1.60. The number of halogens is 1. The maximum atomic E-state index is 12.5. The molecule has 0 unspecified atom stereocenters. The van der Waals surface area contributed by atoms with Gasteiger partial charge in [-0.25, -0.2) is 0 Å². The number of aromatic nitrogens is 2. The van der Waals surface area contributed by atoms with Gasteiger partial charge in [-0.2, -0.15) is 9.78 Å². The minimum atomic E-state index is -0.393. The van der Waals surface area contributed by atoms with Gasteiger partial charge in [-0.1, -0.05) is 41.6 Å². The van der Waals surface area contributed by atoms with Crippen molar-refractivity contribution in [1.82, 2.24) is 15.1 Å². The Labute approximate surface area is 184 Å². The molecule has 8 heteroatoms. The van der Waals surface area contributed by atoms with Crippen molar-refractivity contribution in [2.75, 3.05) is 7.11 Å². The molecule has 30 heavy (non-hydrogen) atoms. The van der Waals surface area contributed by atoms with Crippen LogP contribution in [0.15, 0.2) is 64.4 Å². The van der Waals surface area contributed by atoms with Crippen LogP contribution in [0.3, 0.4) is 0 Å². The highest BCUT2D eigenvalue weighted by atomic mass is 35.5. The lowest BCUT2D eigenvalue weighted by molar-refractivity contribution is -0.120. The predicted octanol–water partition coefficient (Wildman–Crippen LogP) is 4.00. The lowest BCUT2D eigenvalue weighted by Crippen LogP contribution is -2.30. The lowest BCUT2D eigenvalue weighted by atomic mass is 10.2. The summed E-state index contributed by atoms with van der Waals surface area (Å²) in [5, 5.41) is 8.03. The molecule has 0 fully saturated rings. The van der Waals surface area contributed by atoms with E-state index in [0.717, 1.165) is 16.9 Å². The standard InChI is InChI=1S/C22H22ClN3O3S/c1-14-7-8-17(12-19(14)23)26-21(27)10-9-20(25-26)30-15(2)22(28)24-13-16-5-4-6-18(11-16)29-3/h4-12,15H,13H2,1-3H3,(H,24,28)/t15-/m0/s1. The molecule has 3 rings (SSSR count). The Hall–Kier alpha value is -2.77. The van der Waals surface area contributed by atoms with Gasteiger partial charge in [0.1, 0.15) is 10.8 Å². The number of carbonyl (C=O) groups is 1. The fourth-order valence-electron chi connectivity index (χ4n) is 2.71. The molecule has 0 saturated carbocycles. The van der Waals surface area contributed by atoms with Crippen molar-refractivity contribution in [2.24, 2.45) is 0 Å². The van der Waals surface area contributed by atoms with E-state index in [0.29, 0.717) is 22.3 Å². The summed E-state index contributed by atoms with van der Waals surface area (Å²) < 4.78 is 6.48. The fraction of sp³-hybridized carbons (Fsp3) is 0.227. The zero-order valence-corrected chi connectivity index (χ0v) is 18.5. The van der Waals surface area contributed by atoms with Crippen LogP contribution in [0.5, 0.6) is 5.75 Å². The first-order chi connectivity index (χ1) is 14.4. The van der Waals surface area contributed by atoms with Crippen LogP contribution in [0.2, 0.25) is 5.02 Å². The third-order valence-electron chi connectivity index (χ3n) is 4.44. The Kier molecular flexibility index (Phi) is 7.18. The average Bonchev–Trinajstić information content (AvgIpc) is 2.75. The molecule has 0 aliphatic heterocycles. The van der Waals surface area contributed by atoms with Gasteiger partial charge in [0.25, 0.3) is 5.56 Å². The quantitative estimate of drug-likeness (QED) is 0.559. The molecule has 0 radical (unpaired) electrons. The second-order valence-corrected chi connectivity index (χ2v) is 8.45. The van der Waals surface area contributed by atoms with Crippen LogP contribution in [0.25, 0.3) is 5.69 Å². The Balaban J connectivity index is 1.68. The van der Waals surface area contributed by atoms with Gasteiger partial charge < -0.3 is 10.1 Å². The number of benzene rings is 2. The summed E-state index contributed by atoms with van der Waals surface area (Å²) in [5.41, 5.74) is 2.17. The Bertz CT molecular complexity index is 1120. The summed E-state index contributed by atoms with van der Waals surface area (Å²) in [6.45, 7) is 4.08. The number of amides is 1. The molecule has 1 heterocycles. The molecule has 0 aliphatic carbocycles. The first kappa shape index (κ1) is 21.9. The molecule has 2 aromatic carbocycles. The molecule has 156 valence electrons. The van der Waals surface area contributed by atoms with Gasteiger partial charge in [0.05, 0.1) is 18.0 Å². The summed E-state index contributed by atoms with van der Waals surface area (Å²) in [6.07, 6.45) is 0. The van der Waals surface area contributed by atoms with Crippen molar-refractivity contribution in [3.63, 3.8) is 0 Å². The van der Waals surface area contributed by atoms with Crippen molar-refractivity contribution < 1.29 is 9.53 Å². The third-order valence-corrected chi connectivity index (χ3v) is 5.88. The number of nitrogens with one attached hydrogen (secondary N) is 1. The Morgan fingerprint density at radius 2 is 2.03 bits per heavy atom.